The molecule has 1 atom stereocenters. The average molecular weight is 408 g/mol. The minimum Gasteiger partial charge on any atom is -0.310 e. The third-order valence-corrected chi connectivity index (χ3v) is 5.87. The summed E-state index contributed by atoms with van der Waals surface area (Å²) in [5, 5.41) is 8.14. The highest BCUT2D eigenvalue weighted by molar-refractivity contribution is 6.31. The summed E-state index contributed by atoms with van der Waals surface area (Å²) in [5.41, 5.74) is 4.97. The van der Waals surface area contributed by atoms with Crippen LogP contribution in [0, 0.1) is 13.8 Å². The largest absolute Gasteiger partial charge is 0.310 e. The second-order valence-electron chi connectivity index (χ2n) is 7.41. The Morgan fingerprint density at radius 1 is 1.21 bits per heavy atom. The lowest BCUT2D eigenvalue weighted by molar-refractivity contribution is -0.116. The fraction of sp³-hybridized carbons (Fsp3) is 0.261. The van der Waals surface area contributed by atoms with E-state index in [2.05, 4.69) is 17.3 Å². The monoisotopic (exact) mass is 407 g/mol. The van der Waals surface area contributed by atoms with Crippen LogP contribution >= 0.6 is 11.6 Å². The summed E-state index contributed by atoms with van der Waals surface area (Å²) < 4.78 is 1.66. The molecule has 2 aromatic carbocycles. The Hall–Kier alpha value is -2.92. The minimum atomic E-state index is -0.555. The Bertz CT molecular complexity index is 1120. The molecular formula is C23H22ClN3O2. The molecule has 1 N–H and O–H groups in total. The van der Waals surface area contributed by atoms with Crippen molar-refractivity contribution in [1.29, 1.82) is 0 Å². The predicted octanol–water partition coefficient (Wildman–Crippen LogP) is 5.01. The van der Waals surface area contributed by atoms with Crippen LogP contribution in [0.5, 0.6) is 0 Å². The highest BCUT2D eigenvalue weighted by atomic mass is 35.5. The SMILES string of the molecule is CCc1ccc(C(=O)[C@H]2CC(=O)Nc3c2c(C)nn3-c2ccc(C)c(Cl)c2)cc1. The number of ketones is 1. The highest BCUT2D eigenvalue weighted by Crippen LogP contribution is 2.38. The molecule has 0 bridgehead atoms. The number of nitrogens with zero attached hydrogens (tertiary/aromatic N) is 2. The Balaban J connectivity index is 1.78. The van der Waals surface area contributed by atoms with E-state index in [9.17, 15) is 9.59 Å². The molecule has 29 heavy (non-hydrogen) atoms. The standard InChI is InChI=1S/C23H22ClN3O2/c1-4-15-6-8-16(9-7-15)22(29)18-12-20(28)25-23-21(18)14(3)26-27(23)17-10-5-13(2)19(24)11-17/h5-11,18H,4,12H2,1-3H3,(H,25,28)/t18-/m0/s1. The molecule has 0 radical (unpaired) electrons. The fourth-order valence-corrected chi connectivity index (χ4v) is 3.95. The lowest BCUT2D eigenvalue weighted by Gasteiger charge is -2.23. The molecule has 1 amide bonds. The molecule has 0 spiro atoms. The second kappa shape index (κ2) is 7.48. The van der Waals surface area contributed by atoms with E-state index in [1.54, 1.807) is 4.68 Å². The van der Waals surface area contributed by atoms with E-state index in [1.807, 2.05) is 56.3 Å². The van der Waals surface area contributed by atoms with Crippen molar-refractivity contribution < 1.29 is 9.59 Å². The number of Topliss-reactive ketones (excluding diaryl/α,β-unsaturated/α-hetero) is 1. The topological polar surface area (TPSA) is 64.0 Å². The third kappa shape index (κ3) is 3.47. The maximum Gasteiger partial charge on any atom is 0.226 e. The van der Waals surface area contributed by atoms with Crippen LogP contribution in [0.25, 0.3) is 5.69 Å². The Kier molecular flexibility index (Phi) is 5.01. The molecule has 0 saturated heterocycles. The van der Waals surface area contributed by atoms with Gasteiger partial charge in [-0.2, -0.15) is 5.10 Å². The molecule has 0 fully saturated rings. The molecule has 4 rings (SSSR count). The summed E-state index contributed by atoms with van der Waals surface area (Å²) in [4.78, 5) is 25.7. The number of aryl methyl sites for hydroxylation is 3. The minimum absolute atomic E-state index is 0.0617. The summed E-state index contributed by atoms with van der Waals surface area (Å²) in [7, 11) is 0. The maximum atomic E-state index is 13.3. The van der Waals surface area contributed by atoms with E-state index in [0.29, 0.717) is 16.4 Å². The van der Waals surface area contributed by atoms with Gasteiger partial charge < -0.3 is 5.32 Å². The molecule has 0 unspecified atom stereocenters. The van der Waals surface area contributed by atoms with Crippen LogP contribution in [-0.2, 0) is 11.2 Å². The first-order valence-corrected chi connectivity index (χ1v) is 10.1. The van der Waals surface area contributed by atoms with E-state index >= 15 is 0 Å². The normalized spacial score (nSPS) is 15.7. The van der Waals surface area contributed by atoms with Crippen molar-refractivity contribution in [1.82, 2.24) is 9.78 Å². The Morgan fingerprint density at radius 3 is 2.59 bits per heavy atom. The van der Waals surface area contributed by atoms with Crippen molar-refractivity contribution >= 4 is 29.1 Å². The number of hydrogen-bond acceptors (Lipinski definition) is 3. The number of anilines is 1. The summed E-state index contributed by atoms with van der Waals surface area (Å²) in [6, 6.07) is 13.2. The summed E-state index contributed by atoms with van der Waals surface area (Å²) >= 11 is 6.28. The van der Waals surface area contributed by atoms with Gasteiger partial charge in [0, 0.05) is 22.6 Å². The number of amides is 1. The maximum absolute atomic E-state index is 13.3. The predicted molar refractivity (Wildman–Crippen MR) is 114 cm³/mol. The van der Waals surface area contributed by atoms with Crippen LogP contribution < -0.4 is 5.32 Å². The zero-order valence-electron chi connectivity index (χ0n) is 16.6. The van der Waals surface area contributed by atoms with Gasteiger partial charge in [0.2, 0.25) is 5.91 Å². The molecule has 3 aromatic rings. The van der Waals surface area contributed by atoms with Gasteiger partial charge in [0.15, 0.2) is 5.78 Å². The number of halogens is 1. The molecule has 2 heterocycles. The average Bonchev–Trinajstić information content (AvgIpc) is 3.05. The quantitative estimate of drug-likeness (QED) is 0.618. The van der Waals surface area contributed by atoms with Crippen molar-refractivity contribution in [3.63, 3.8) is 0 Å². The van der Waals surface area contributed by atoms with Crippen LogP contribution in [-0.4, -0.2) is 21.5 Å². The first-order chi connectivity index (χ1) is 13.9. The van der Waals surface area contributed by atoms with Crippen molar-refractivity contribution in [3.05, 3.63) is 75.4 Å². The van der Waals surface area contributed by atoms with E-state index < -0.39 is 5.92 Å². The van der Waals surface area contributed by atoms with Gasteiger partial charge in [-0.05, 0) is 43.5 Å². The highest BCUT2D eigenvalue weighted by Gasteiger charge is 2.36. The van der Waals surface area contributed by atoms with E-state index in [0.717, 1.165) is 28.9 Å². The molecule has 1 aliphatic heterocycles. The fourth-order valence-electron chi connectivity index (χ4n) is 3.78. The first kappa shape index (κ1) is 19.4. The molecule has 1 aliphatic rings. The van der Waals surface area contributed by atoms with Crippen LogP contribution in [0.1, 0.15) is 52.0 Å². The summed E-state index contributed by atoms with van der Waals surface area (Å²) in [5.74, 6) is -0.267. The number of hydrogen-bond donors (Lipinski definition) is 1. The smallest absolute Gasteiger partial charge is 0.226 e. The van der Waals surface area contributed by atoms with Gasteiger partial charge >= 0.3 is 0 Å². The van der Waals surface area contributed by atoms with E-state index in [4.69, 9.17) is 11.6 Å². The lowest BCUT2D eigenvalue weighted by Crippen LogP contribution is -2.28. The number of rotatable bonds is 4. The number of nitrogens with one attached hydrogen (secondary N) is 1. The van der Waals surface area contributed by atoms with E-state index in [-0.39, 0.29) is 18.1 Å². The van der Waals surface area contributed by atoms with Crippen molar-refractivity contribution in [2.45, 2.75) is 39.5 Å². The van der Waals surface area contributed by atoms with Crippen molar-refractivity contribution in [2.75, 3.05) is 5.32 Å². The number of carbonyl (C=O) groups is 2. The number of aromatic nitrogens is 2. The van der Waals surface area contributed by atoms with E-state index in [1.165, 1.54) is 5.56 Å². The van der Waals surface area contributed by atoms with Crippen LogP contribution in [0.3, 0.4) is 0 Å². The number of benzene rings is 2. The molecule has 6 heteroatoms. The van der Waals surface area contributed by atoms with Gasteiger partial charge in [-0.3, -0.25) is 9.59 Å². The summed E-state index contributed by atoms with van der Waals surface area (Å²) in [6.07, 6.45) is 1.03. The molecule has 148 valence electrons. The van der Waals surface area contributed by atoms with Gasteiger partial charge in [-0.1, -0.05) is 48.9 Å². The van der Waals surface area contributed by atoms with Crippen molar-refractivity contribution in [3.8, 4) is 5.69 Å². The van der Waals surface area contributed by atoms with Crippen LogP contribution in [0.4, 0.5) is 5.82 Å². The zero-order chi connectivity index (χ0) is 20.7. The summed E-state index contributed by atoms with van der Waals surface area (Å²) in [6.45, 7) is 5.86. The molecular weight excluding hydrogens is 386 g/mol. The van der Waals surface area contributed by atoms with Gasteiger partial charge in [0.25, 0.3) is 0 Å². The second-order valence-corrected chi connectivity index (χ2v) is 7.82. The molecule has 1 aromatic heterocycles. The Morgan fingerprint density at radius 2 is 1.93 bits per heavy atom. The van der Waals surface area contributed by atoms with Crippen LogP contribution in [0.15, 0.2) is 42.5 Å². The van der Waals surface area contributed by atoms with Gasteiger partial charge in [0.05, 0.1) is 17.3 Å². The molecule has 0 saturated carbocycles. The Labute approximate surface area is 174 Å². The third-order valence-electron chi connectivity index (χ3n) is 5.47. The van der Waals surface area contributed by atoms with Crippen LogP contribution in [0.2, 0.25) is 5.02 Å². The zero-order valence-corrected chi connectivity index (χ0v) is 17.4. The van der Waals surface area contributed by atoms with Gasteiger partial charge in [-0.15, -0.1) is 0 Å². The number of fused-ring (bicyclic) bond motifs is 1. The molecule has 0 aliphatic carbocycles. The lowest BCUT2D eigenvalue weighted by atomic mass is 9.85. The molecule has 5 nitrogen and oxygen atoms in total. The van der Waals surface area contributed by atoms with Gasteiger partial charge in [-0.25, -0.2) is 4.68 Å². The van der Waals surface area contributed by atoms with Gasteiger partial charge in [0.1, 0.15) is 5.82 Å². The number of carbonyl (C=O) groups excluding carboxylic acids is 2. The first-order valence-electron chi connectivity index (χ1n) is 9.68. The van der Waals surface area contributed by atoms with Crippen molar-refractivity contribution in [2.24, 2.45) is 0 Å².